The minimum atomic E-state index is -0.565. The number of anilines is 2. The zero-order valence-corrected chi connectivity index (χ0v) is 17.0. The van der Waals surface area contributed by atoms with E-state index in [2.05, 4.69) is 10.6 Å². The molecule has 1 fully saturated rings. The highest BCUT2D eigenvalue weighted by atomic mass is 32.1. The predicted octanol–water partition coefficient (Wildman–Crippen LogP) is 2.76. The Hall–Kier alpha value is -3.37. The summed E-state index contributed by atoms with van der Waals surface area (Å²) in [5.74, 6) is -0.621. The van der Waals surface area contributed by atoms with Crippen LogP contribution < -0.4 is 15.5 Å². The van der Waals surface area contributed by atoms with Crippen LogP contribution in [0.2, 0.25) is 0 Å². The van der Waals surface area contributed by atoms with Crippen molar-refractivity contribution in [2.75, 3.05) is 36.5 Å². The summed E-state index contributed by atoms with van der Waals surface area (Å²) in [5, 5.41) is 16.9. The number of morpholine rings is 1. The average molecular weight is 428 g/mol. The Labute approximate surface area is 178 Å². The minimum Gasteiger partial charge on any atom is -0.378 e. The molecule has 1 aliphatic heterocycles. The fourth-order valence-corrected chi connectivity index (χ4v) is 3.22. The van der Waals surface area contributed by atoms with Crippen LogP contribution in [0.1, 0.15) is 27.6 Å². The fraction of sp³-hybridized carbons (Fsp3) is 0.250. The molecule has 1 aliphatic rings. The Balaban J connectivity index is 1.69. The molecule has 1 heterocycles. The highest BCUT2D eigenvalue weighted by molar-refractivity contribution is 7.80. The molecule has 0 spiro atoms. The van der Waals surface area contributed by atoms with Gasteiger partial charge in [0.05, 0.1) is 18.1 Å². The first kappa shape index (κ1) is 21.3. The van der Waals surface area contributed by atoms with Crippen molar-refractivity contribution < 1.29 is 19.2 Å². The van der Waals surface area contributed by atoms with Crippen molar-refractivity contribution in [2.45, 2.75) is 6.92 Å². The number of hydrogen-bond donors (Lipinski definition) is 2. The number of nitrogens with zero attached hydrogens (tertiary/aromatic N) is 2. The molecule has 0 aliphatic carbocycles. The van der Waals surface area contributed by atoms with Gasteiger partial charge in [-0.25, -0.2) is 0 Å². The number of thiocarbonyl (C=S) groups is 1. The number of benzene rings is 2. The molecule has 9 nitrogen and oxygen atoms in total. The minimum absolute atomic E-state index is 0.0375. The van der Waals surface area contributed by atoms with E-state index in [0.29, 0.717) is 43.2 Å². The van der Waals surface area contributed by atoms with E-state index in [-0.39, 0.29) is 22.1 Å². The van der Waals surface area contributed by atoms with Crippen LogP contribution in [0.15, 0.2) is 42.5 Å². The van der Waals surface area contributed by atoms with E-state index < -0.39 is 10.8 Å². The number of nitro groups is 1. The molecule has 1 saturated heterocycles. The van der Waals surface area contributed by atoms with Crippen LogP contribution in [0.3, 0.4) is 0 Å². The molecule has 30 heavy (non-hydrogen) atoms. The summed E-state index contributed by atoms with van der Waals surface area (Å²) in [6.07, 6.45) is 0. The van der Waals surface area contributed by atoms with Gasteiger partial charge in [-0.3, -0.25) is 25.0 Å². The molecule has 2 aromatic rings. The van der Waals surface area contributed by atoms with Crippen LogP contribution in [0.25, 0.3) is 0 Å². The molecule has 10 heteroatoms. The zero-order valence-electron chi connectivity index (χ0n) is 16.2. The summed E-state index contributed by atoms with van der Waals surface area (Å²) >= 11 is 5.14. The molecule has 2 aromatic carbocycles. The summed E-state index contributed by atoms with van der Waals surface area (Å²) in [4.78, 5) is 36.7. The number of ether oxygens (including phenoxy) is 1. The number of nitrogens with one attached hydrogen (secondary N) is 2. The van der Waals surface area contributed by atoms with Crippen LogP contribution in [0.5, 0.6) is 0 Å². The van der Waals surface area contributed by atoms with E-state index >= 15 is 0 Å². The van der Waals surface area contributed by atoms with E-state index in [4.69, 9.17) is 17.0 Å². The normalized spacial score (nSPS) is 13.4. The number of ketones is 1. The predicted molar refractivity (Wildman–Crippen MR) is 116 cm³/mol. The number of Topliss-reactive ketones (excluding diaryl/α,β-unsaturated/α-hetero) is 1. The van der Waals surface area contributed by atoms with Crippen molar-refractivity contribution in [1.29, 1.82) is 0 Å². The number of amides is 1. The molecule has 1 amide bonds. The summed E-state index contributed by atoms with van der Waals surface area (Å²) in [6.45, 7) is 3.54. The monoisotopic (exact) mass is 428 g/mol. The molecule has 0 saturated carbocycles. The first-order valence-electron chi connectivity index (χ1n) is 9.19. The van der Waals surface area contributed by atoms with Gasteiger partial charge in [0.25, 0.3) is 11.6 Å². The highest BCUT2D eigenvalue weighted by Crippen LogP contribution is 2.30. The van der Waals surface area contributed by atoms with Gasteiger partial charge >= 0.3 is 0 Å². The third-order valence-electron chi connectivity index (χ3n) is 4.56. The summed E-state index contributed by atoms with van der Waals surface area (Å²) in [7, 11) is 0. The average Bonchev–Trinajstić information content (AvgIpc) is 2.74. The molecule has 156 valence electrons. The van der Waals surface area contributed by atoms with Crippen molar-refractivity contribution in [3.8, 4) is 0 Å². The third kappa shape index (κ3) is 5.16. The van der Waals surface area contributed by atoms with Gasteiger partial charge in [-0.2, -0.15) is 0 Å². The van der Waals surface area contributed by atoms with Crippen molar-refractivity contribution >= 4 is 46.1 Å². The van der Waals surface area contributed by atoms with Gasteiger partial charge in [0.1, 0.15) is 5.69 Å². The Morgan fingerprint density at radius 2 is 1.73 bits per heavy atom. The quantitative estimate of drug-likeness (QED) is 0.323. The Kier molecular flexibility index (Phi) is 6.70. The van der Waals surface area contributed by atoms with Gasteiger partial charge in [-0.1, -0.05) is 0 Å². The standard InChI is InChI=1S/C20H20N4O5S/c1-13(25)14-2-5-16(6-3-14)21-20(30)22-19(26)15-4-7-17(18(12-15)24(27)28)23-8-10-29-11-9-23/h2-7,12H,8-11H2,1H3,(H2,21,22,26,30). The zero-order chi connectivity index (χ0) is 21.7. The maximum absolute atomic E-state index is 12.5. The topological polar surface area (TPSA) is 114 Å². The third-order valence-corrected chi connectivity index (χ3v) is 4.77. The van der Waals surface area contributed by atoms with Crippen LogP contribution in [-0.4, -0.2) is 48.0 Å². The van der Waals surface area contributed by atoms with Gasteiger partial charge in [0.15, 0.2) is 10.9 Å². The van der Waals surface area contributed by atoms with Crippen molar-refractivity contribution in [3.05, 3.63) is 63.7 Å². The SMILES string of the molecule is CC(=O)c1ccc(NC(=S)NC(=O)c2ccc(N3CCOCC3)c([N+](=O)[O-])c2)cc1. The summed E-state index contributed by atoms with van der Waals surface area (Å²) in [6, 6.07) is 10.9. The van der Waals surface area contributed by atoms with E-state index in [1.807, 2.05) is 4.90 Å². The molecule has 2 N–H and O–H groups in total. The first-order valence-corrected chi connectivity index (χ1v) is 9.60. The second-order valence-electron chi connectivity index (χ2n) is 6.60. The molecular formula is C20H20N4O5S. The maximum atomic E-state index is 12.5. The van der Waals surface area contributed by atoms with Gasteiger partial charge in [0.2, 0.25) is 0 Å². The van der Waals surface area contributed by atoms with E-state index in [9.17, 15) is 19.7 Å². The highest BCUT2D eigenvalue weighted by Gasteiger charge is 2.23. The number of nitro benzene ring substituents is 1. The van der Waals surface area contributed by atoms with Gasteiger partial charge in [-0.15, -0.1) is 0 Å². The van der Waals surface area contributed by atoms with Crippen molar-refractivity contribution in [2.24, 2.45) is 0 Å². The summed E-state index contributed by atoms with van der Waals surface area (Å²) in [5.41, 5.74) is 1.58. The molecule has 0 atom stereocenters. The van der Waals surface area contributed by atoms with Crippen LogP contribution in [-0.2, 0) is 4.74 Å². The van der Waals surface area contributed by atoms with E-state index in [1.54, 1.807) is 30.3 Å². The Morgan fingerprint density at radius 3 is 2.33 bits per heavy atom. The second-order valence-corrected chi connectivity index (χ2v) is 7.01. The number of carbonyl (C=O) groups excluding carboxylic acids is 2. The fourth-order valence-electron chi connectivity index (χ4n) is 3.01. The first-order chi connectivity index (χ1) is 14.3. The molecule has 0 bridgehead atoms. The molecule has 0 unspecified atom stereocenters. The lowest BCUT2D eigenvalue weighted by Crippen LogP contribution is -2.37. The van der Waals surface area contributed by atoms with Gasteiger partial charge in [-0.05, 0) is 55.5 Å². The van der Waals surface area contributed by atoms with E-state index in [0.717, 1.165) is 0 Å². The lowest BCUT2D eigenvalue weighted by molar-refractivity contribution is -0.384. The van der Waals surface area contributed by atoms with Crippen LogP contribution >= 0.6 is 12.2 Å². The van der Waals surface area contributed by atoms with Crippen molar-refractivity contribution in [3.63, 3.8) is 0 Å². The summed E-state index contributed by atoms with van der Waals surface area (Å²) < 4.78 is 5.28. The van der Waals surface area contributed by atoms with Crippen LogP contribution in [0.4, 0.5) is 17.1 Å². The van der Waals surface area contributed by atoms with E-state index in [1.165, 1.54) is 19.1 Å². The van der Waals surface area contributed by atoms with Gasteiger partial charge < -0.3 is 15.0 Å². The van der Waals surface area contributed by atoms with Gasteiger partial charge in [0, 0.05) is 36.0 Å². The number of rotatable bonds is 5. The van der Waals surface area contributed by atoms with Crippen LogP contribution in [0, 0.1) is 10.1 Å². The number of carbonyl (C=O) groups is 2. The largest absolute Gasteiger partial charge is 0.378 e. The molecular weight excluding hydrogens is 408 g/mol. The molecule has 0 aromatic heterocycles. The number of hydrogen-bond acceptors (Lipinski definition) is 7. The molecule has 3 rings (SSSR count). The smallest absolute Gasteiger partial charge is 0.293 e. The lowest BCUT2D eigenvalue weighted by atomic mass is 10.1. The van der Waals surface area contributed by atoms with Crippen molar-refractivity contribution in [1.82, 2.24) is 5.32 Å². The molecule has 0 radical (unpaired) electrons. The Bertz CT molecular complexity index is 987. The maximum Gasteiger partial charge on any atom is 0.293 e. The second kappa shape index (κ2) is 9.42. The Morgan fingerprint density at radius 1 is 1.10 bits per heavy atom. The lowest BCUT2D eigenvalue weighted by Gasteiger charge is -2.28.